The van der Waals surface area contributed by atoms with Gasteiger partial charge in [-0.2, -0.15) is 0 Å². The molecule has 0 atom stereocenters. The highest BCUT2D eigenvalue weighted by molar-refractivity contribution is 7.26. The van der Waals surface area contributed by atoms with Crippen LogP contribution in [0.2, 0.25) is 0 Å². The summed E-state index contributed by atoms with van der Waals surface area (Å²) in [6.45, 7) is 0. The Bertz CT molecular complexity index is 3490. The number of hydrogen-bond acceptors (Lipinski definition) is 3. The van der Waals surface area contributed by atoms with Crippen LogP contribution >= 0.6 is 11.3 Å². The van der Waals surface area contributed by atoms with E-state index in [9.17, 15) is 0 Å². The van der Waals surface area contributed by atoms with Crippen LogP contribution in [0, 0.1) is 0 Å². The Morgan fingerprint density at radius 3 is 1.32 bits per heavy atom. The first-order valence-electron chi connectivity index (χ1n) is 21.4. The zero-order chi connectivity index (χ0) is 41.7. The van der Waals surface area contributed by atoms with Crippen LogP contribution in [-0.4, -0.2) is 0 Å². The van der Waals surface area contributed by atoms with Gasteiger partial charge in [-0.3, -0.25) is 0 Å². The molecule has 296 valence electrons. The largest absolute Gasteiger partial charge is 0.455 e. The molecule has 0 spiro atoms. The molecule has 0 N–H and O–H groups in total. The van der Waals surface area contributed by atoms with E-state index in [1.165, 1.54) is 48.0 Å². The van der Waals surface area contributed by atoms with E-state index < -0.39 is 0 Å². The van der Waals surface area contributed by atoms with Gasteiger partial charge in [-0.05, 0) is 93.5 Å². The standard InChI is InChI=1S/C60H39NOS/c1-4-14-40(15-5-1)42-26-32-47(33-27-42)61(48-34-28-43(29-35-48)41-16-6-2-7-17-41)49-36-30-44(31-37-49)46-38-55-52-22-12-21-50(45-18-8-3-9-19-45)58(52)62-59(55)56(39-46)54-24-13-23-53-51-20-10-11-25-57(51)63-60(53)54/h1-39H. The summed E-state index contributed by atoms with van der Waals surface area (Å²) in [6.07, 6.45) is 0. The minimum absolute atomic E-state index is 0.905. The van der Waals surface area contributed by atoms with Crippen molar-refractivity contribution in [3.8, 4) is 55.6 Å². The number of nitrogens with zero attached hydrogens (tertiary/aromatic N) is 1. The van der Waals surface area contributed by atoms with Gasteiger partial charge in [0.25, 0.3) is 0 Å². The first-order chi connectivity index (χ1) is 31.2. The number of rotatable bonds is 8. The molecular weight excluding hydrogens is 783 g/mol. The Kier molecular flexibility index (Phi) is 9.06. The van der Waals surface area contributed by atoms with Crippen molar-refractivity contribution in [3.05, 3.63) is 237 Å². The fraction of sp³-hybridized carbons (Fsp3) is 0. The SMILES string of the molecule is c1ccc(-c2ccc(N(c3ccc(-c4ccccc4)cc3)c3ccc(-c4cc(-c5cccc6c5sc5ccccc56)c5oc6c(-c7ccccc7)cccc6c5c4)cc3)cc2)cc1. The lowest BCUT2D eigenvalue weighted by molar-refractivity contribution is 0.671. The van der Waals surface area contributed by atoms with Crippen molar-refractivity contribution in [1.82, 2.24) is 0 Å². The van der Waals surface area contributed by atoms with Gasteiger partial charge < -0.3 is 9.32 Å². The number of para-hydroxylation sites is 1. The van der Waals surface area contributed by atoms with Gasteiger partial charge in [-0.15, -0.1) is 11.3 Å². The molecule has 0 amide bonds. The summed E-state index contributed by atoms with van der Waals surface area (Å²) in [5.41, 5.74) is 16.6. The Morgan fingerprint density at radius 1 is 0.286 bits per heavy atom. The molecule has 0 saturated carbocycles. The molecule has 12 aromatic rings. The molecule has 0 fully saturated rings. The number of furan rings is 1. The summed E-state index contributed by atoms with van der Waals surface area (Å²) in [7, 11) is 0. The molecule has 63 heavy (non-hydrogen) atoms. The molecule has 0 aliphatic heterocycles. The van der Waals surface area contributed by atoms with E-state index in [0.29, 0.717) is 0 Å². The van der Waals surface area contributed by atoms with Crippen LogP contribution in [-0.2, 0) is 0 Å². The Hall–Kier alpha value is -7.98. The first kappa shape index (κ1) is 36.8. The van der Waals surface area contributed by atoms with Gasteiger partial charge >= 0.3 is 0 Å². The molecule has 0 radical (unpaired) electrons. The van der Waals surface area contributed by atoms with E-state index in [-0.39, 0.29) is 0 Å². The number of hydrogen-bond donors (Lipinski definition) is 0. The third kappa shape index (κ3) is 6.58. The van der Waals surface area contributed by atoms with Gasteiger partial charge in [0.05, 0.1) is 0 Å². The molecule has 0 unspecified atom stereocenters. The molecule has 0 aliphatic rings. The lowest BCUT2D eigenvalue weighted by atomic mass is 9.94. The zero-order valence-electron chi connectivity index (χ0n) is 34.3. The third-order valence-corrected chi connectivity index (χ3v) is 13.5. The zero-order valence-corrected chi connectivity index (χ0v) is 35.1. The van der Waals surface area contributed by atoms with E-state index in [4.69, 9.17) is 4.42 Å². The van der Waals surface area contributed by atoms with Crippen molar-refractivity contribution in [1.29, 1.82) is 0 Å². The topological polar surface area (TPSA) is 16.4 Å². The third-order valence-electron chi connectivity index (χ3n) is 12.3. The van der Waals surface area contributed by atoms with Crippen molar-refractivity contribution in [2.24, 2.45) is 0 Å². The Morgan fingerprint density at radius 2 is 0.730 bits per heavy atom. The summed E-state index contributed by atoms with van der Waals surface area (Å²) >= 11 is 1.85. The van der Waals surface area contributed by atoms with Crippen molar-refractivity contribution in [3.63, 3.8) is 0 Å². The maximum Gasteiger partial charge on any atom is 0.143 e. The smallest absolute Gasteiger partial charge is 0.143 e. The molecule has 2 nitrogen and oxygen atoms in total. The van der Waals surface area contributed by atoms with Crippen molar-refractivity contribution in [2.75, 3.05) is 4.90 Å². The van der Waals surface area contributed by atoms with Crippen LogP contribution in [0.4, 0.5) is 17.1 Å². The second-order valence-corrected chi connectivity index (χ2v) is 17.1. The Labute approximate surface area is 370 Å². The van der Waals surface area contributed by atoms with Crippen LogP contribution in [0.1, 0.15) is 0 Å². The van der Waals surface area contributed by atoms with E-state index in [1.807, 2.05) is 11.3 Å². The summed E-state index contributed by atoms with van der Waals surface area (Å²) in [5.74, 6) is 0. The quantitative estimate of drug-likeness (QED) is 0.152. The minimum atomic E-state index is 0.905. The van der Waals surface area contributed by atoms with Gasteiger partial charge in [0, 0.05) is 64.7 Å². The summed E-state index contributed by atoms with van der Waals surface area (Å²) in [4.78, 5) is 2.35. The van der Waals surface area contributed by atoms with Crippen LogP contribution in [0.25, 0.3) is 97.7 Å². The number of thiophene rings is 1. The molecule has 2 aromatic heterocycles. The number of anilines is 3. The van der Waals surface area contributed by atoms with Crippen molar-refractivity contribution in [2.45, 2.75) is 0 Å². The average molecular weight is 822 g/mol. The lowest BCUT2D eigenvalue weighted by Crippen LogP contribution is -2.09. The summed E-state index contributed by atoms with van der Waals surface area (Å²) in [5, 5.41) is 4.77. The molecule has 0 bridgehead atoms. The van der Waals surface area contributed by atoms with Gasteiger partial charge in [0.2, 0.25) is 0 Å². The fourth-order valence-corrected chi connectivity index (χ4v) is 10.4. The van der Waals surface area contributed by atoms with Crippen LogP contribution < -0.4 is 4.90 Å². The first-order valence-corrected chi connectivity index (χ1v) is 22.2. The second kappa shape index (κ2) is 15.5. The van der Waals surface area contributed by atoms with Gasteiger partial charge in [-0.25, -0.2) is 0 Å². The molecule has 3 heteroatoms. The lowest BCUT2D eigenvalue weighted by Gasteiger charge is -2.26. The predicted molar refractivity (Wildman–Crippen MR) is 268 cm³/mol. The fourth-order valence-electron chi connectivity index (χ4n) is 9.19. The van der Waals surface area contributed by atoms with Gasteiger partial charge in [0.15, 0.2) is 0 Å². The minimum Gasteiger partial charge on any atom is -0.455 e. The highest BCUT2D eigenvalue weighted by atomic mass is 32.1. The van der Waals surface area contributed by atoms with E-state index >= 15 is 0 Å². The summed E-state index contributed by atoms with van der Waals surface area (Å²) < 4.78 is 9.61. The highest BCUT2D eigenvalue weighted by Crippen LogP contribution is 2.47. The molecule has 2 heterocycles. The predicted octanol–water partition coefficient (Wildman–Crippen LogP) is 17.8. The van der Waals surface area contributed by atoms with E-state index in [2.05, 4.69) is 241 Å². The summed E-state index contributed by atoms with van der Waals surface area (Å²) in [6, 6.07) is 85.1. The number of fused-ring (bicyclic) bond motifs is 6. The maximum atomic E-state index is 7.06. The van der Waals surface area contributed by atoms with E-state index in [1.54, 1.807) is 0 Å². The van der Waals surface area contributed by atoms with Crippen LogP contribution in [0.3, 0.4) is 0 Å². The average Bonchev–Trinajstić information content (AvgIpc) is 3.94. The Balaban J connectivity index is 1.01. The highest BCUT2D eigenvalue weighted by Gasteiger charge is 2.21. The van der Waals surface area contributed by atoms with Gasteiger partial charge in [-0.1, -0.05) is 182 Å². The number of benzene rings is 10. The van der Waals surface area contributed by atoms with Crippen molar-refractivity contribution < 1.29 is 4.42 Å². The molecule has 0 aliphatic carbocycles. The van der Waals surface area contributed by atoms with Gasteiger partial charge in [0.1, 0.15) is 11.2 Å². The van der Waals surface area contributed by atoms with E-state index in [0.717, 1.165) is 66.8 Å². The second-order valence-electron chi connectivity index (χ2n) is 16.0. The normalized spacial score (nSPS) is 11.5. The van der Waals surface area contributed by atoms with Crippen LogP contribution in [0.5, 0.6) is 0 Å². The van der Waals surface area contributed by atoms with Crippen LogP contribution in [0.15, 0.2) is 241 Å². The molecule has 12 rings (SSSR count). The molecular formula is C60H39NOS. The molecule has 10 aromatic carbocycles. The van der Waals surface area contributed by atoms with Crippen molar-refractivity contribution >= 4 is 70.5 Å². The maximum absolute atomic E-state index is 7.06. The monoisotopic (exact) mass is 821 g/mol. The molecule has 0 saturated heterocycles.